The summed E-state index contributed by atoms with van der Waals surface area (Å²) in [7, 11) is 0. The van der Waals surface area contributed by atoms with E-state index < -0.39 is 4.92 Å². The lowest BCUT2D eigenvalue weighted by Gasteiger charge is -2.35. The highest BCUT2D eigenvalue weighted by molar-refractivity contribution is 6.19. The number of nitro benzene ring substituents is 1. The zero-order valence-electron chi connectivity index (χ0n) is 17.3. The fourth-order valence-corrected chi connectivity index (χ4v) is 4.01. The predicted octanol–water partition coefficient (Wildman–Crippen LogP) is 3.07. The van der Waals surface area contributed by atoms with Crippen molar-refractivity contribution in [3.05, 3.63) is 76.4 Å². The zero-order valence-corrected chi connectivity index (χ0v) is 17.3. The van der Waals surface area contributed by atoms with Gasteiger partial charge in [0.05, 0.1) is 10.6 Å². The van der Waals surface area contributed by atoms with Gasteiger partial charge in [-0.05, 0) is 48.7 Å². The topological polar surface area (TPSA) is 104 Å². The summed E-state index contributed by atoms with van der Waals surface area (Å²) < 4.78 is 0. The van der Waals surface area contributed by atoms with Gasteiger partial charge < -0.3 is 9.80 Å². The number of likely N-dealkylation sites (tertiary alicyclic amines) is 1. The molecule has 0 saturated carbocycles. The molecule has 0 radical (unpaired) electrons. The van der Waals surface area contributed by atoms with Crippen LogP contribution < -0.4 is 4.90 Å². The van der Waals surface area contributed by atoms with Gasteiger partial charge in [0.15, 0.2) is 0 Å². The Bertz CT molecular complexity index is 1060. The lowest BCUT2D eigenvalue weighted by Crippen LogP contribution is -2.47. The molecule has 0 unspecified atom stereocenters. The number of hydrogen-bond donors (Lipinski definition) is 0. The Morgan fingerprint density at radius 2 is 1.66 bits per heavy atom. The number of anilines is 1. The third-order valence-corrected chi connectivity index (χ3v) is 5.75. The SMILES string of the molecule is O=C(C=Cc1ccc([N+](=O)[O-])cc1)N1CCC(N2CC(=O)N(c3ccccc3)C2=O)CC1. The summed E-state index contributed by atoms with van der Waals surface area (Å²) >= 11 is 0. The summed E-state index contributed by atoms with van der Waals surface area (Å²) in [5, 5.41) is 10.7. The molecule has 2 aliphatic rings. The molecule has 9 nitrogen and oxygen atoms in total. The van der Waals surface area contributed by atoms with Crippen molar-refractivity contribution in [1.82, 2.24) is 9.80 Å². The predicted molar refractivity (Wildman–Crippen MR) is 118 cm³/mol. The number of nitro groups is 1. The Morgan fingerprint density at radius 3 is 2.28 bits per heavy atom. The van der Waals surface area contributed by atoms with Gasteiger partial charge in [0.25, 0.3) is 11.6 Å². The first-order chi connectivity index (χ1) is 15.4. The molecule has 9 heteroatoms. The van der Waals surface area contributed by atoms with Gasteiger partial charge in [0.1, 0.15) is 6.54 Å². The Labute approximate surface area is 184 Å². The Balaban J connectivity index is 1.33. The van der Waals surface area contributed by atoms with E-state index in [0.29, 0.717) is 37.2 Å². The van der Waals surface area contributed by atoms with Crippen LogP contribution in [-0.2, 0) is 9.59 Å². The van der Waals surface area contributed by atoms with E-state index in [-0.39, 0.29) is 36.1 Å². The quantitative estimate of drug-likeness (QED) is 0.311. The first-order valence-corrected chi connectivity index (χ1v) is 10.3. The third kappa shape index (κ3) is 4.36. The lowest BCUT2D eigenvalue weighted by atomic mass is 10.0. The normalized spacial score (nSPS) is 17.4. The molecule has 2 aliphatic heterocycles. The molecular weight excluding hydrogens is 412 g/mol. The molecule has 2 aromatic rings. The van der Waals surface area contributed by atoms with Crippen LogP contribution in [0.25, 0.3) is 6.08 Å². The van der Waals surface area contributed by atoms with Crippen LogP contribution in [0.3, 0.4) is 0 Å². The fourth-order valence-electron chi connectivity index (χ4n) is 4.01. The number of urea groups is 1. The molecule has 2 fully saturated rings. The van der Waals surface area contributed by atoms with Crippen LogP contribution in [0.4, 0.5) is 16.2 Å². The van der Waals surface area contributed by atoms with E-state index in [0.717, 1.165) is 0 Å². The summed E-state index contributed by atoms with van der Waals surface area (Å²) in [4.78, 5) is 52.6. The van der Waals surface area contributed by atoms with Gasteiger partial charge in [-0.3, -0.25) is 19.7 Å². The fraction of sp³-hybridized carbons (Fsp3) is 0.261. The van der Waals surface area contributed by atoms with Crippen LogP contribution in [0.2, 0.25) is 0 Å². The zero-order chi connectivity index (χ0) is 22.7. The van der Waals surface area contributed by atoms with Gasteiger partial charge in [-0.25, -0.2) is 9.69 Å². The second-order valence-corrected chi connectivity index (χ2v) is 7.71. The second-order valence-electron chi connectivity index (χ2n) is 7.71. The minimum Gasteiger partial charge on any atom is -0.339 e. The molecule has 2 aromatic carbocycles. The van der Waals surface area contributed by atoms with E-state index in [1.165, 1.54) is 23.1 Å². The van der Waals surface area contributed by atoms with Gasteiger partial charge in [-0.1, -0.05) is 18.2 Å². The van der Waals surface area contributed by atoms with Gasteiger partial charge in [-0.2, -0.15) is 0 Å². The number of piperidine rings is 1. The first kappa shape index (κ1) is 21.2. The van der Waals surface area contributed by atoms with E-state index >= 15 is 0 Å². The average molecular weight is 434 g/mol. The molecule has 0 aliphatic carbocycles. The summed E-state index contributed by atoms with van der Waals surface area (Å²) in [6.07, 6.45) is 4.26. The summed E-state index contributed by atoms with van der Waals surface area (Å²) in [5.74, 6) is -0.401. The third-order valence-electron chi connectivity index (χ3n) is 5.75. The van der Waals surface area contributed by atoms with Crippen molar-refractivity contribution in [2.75, 3.05) is 24.5 Å². The van der Waals surface area contributed by atoms with Crippen molar-refractivity contribution in [3.63, 3.8) is 0 Å². The Hall–Kier alpha value is -4.01. The second kappa shape index (κ2) is 9.01. The number of carbonyl (C=O) groups is 3. The summed E-state index contributed by atoms with van der Waals surface area (Å²) in [6.45, 7) is 1.02. The molecule has 0 atom stereocenters. The maximum atomic E-state index is 12.9. The maximum Gasteiger partial charge on any atom is 0.332 e. The number of rotatable bonds is 5. The van der Waals surface area contributed by atoms with E-state index in [1.54, 1.807) is 52.3 Å². The highest BCUT2D eigenvalue weighted by atomic mass is 16.6. The molecule has 4 rings (SSSR count). The van der Waals surface area contributed by atoms with E-state index in [9.17, 15) is 24.5 Å². The average Bonchev–Trinajstić information content (AvgIpc) is 3.12. The van der Waals surface area contributed by atoms with Crippen molar-refractivity contribution in [2.45, 2.75) is 18.9 Å². The van der Waals surface area contributed by atoms with Crippen LogP contribution in [0.15, 0.2) is 60.7 Å². The molecule has 32 heavy (non-hydrogen) atoms. The van der Waals surface area contributed by atoms with Crippen molar-refractivity contribution in [3.8, 4) is 0 Å². The van der Waals surface area contributed by atoms with Crippen LogP contribution >= 0.6 is 0 Å². The number of carbonyl (C=O) groups excluding carboxylic acids is 3. The number of imide groups is 1. The van der Waals surface area contributed by atoms with Gasteiger partial charge in [0, 0.05) is 37.3 Å². The number of para-hydroxylation sites is 1. The van der Waals surface area contributed by atoms with Crippen molar-refractivity contribution < 1.29 is 19.3 Å². The van der Waals surface area contributed by atoms with Crippen LogP contribution in [0.1, 0.15) is 18.4 Å². The van der Waals surface area contributed by atoms with E-state index in [1.807, 2.05) is 6.07 Å². The van der Waals surface area contributed by atoms with Crippen molar-refractivity contribution in [1.29, 1.82) is 0 Å². The smallest absolute Gasteiger partial charge is 0.332 e. The highest BCUT2D eigenvalue weighted by Crippen LogP contribution is 2.26. The lowest BCUT2D eigenvalue weighted by molar-refractivity contribution is -0.384. The molecule has 2 saturated heterocycles. The van der Waals surface area contributed by atoms with Gasteiger partial charge in [0.2, 0.25) is 5.91 Å². The summed E-state index contributed by atoms with van der Waals surface area (Å²) in [5.41, 5.74) is 1.26. The minimum absolute atomic E-state index is 0.00341. The highest BCUT2D eigenvalue weighted by Gasteiger charge is 2.41. The van der Waals surface area contributed by atoms with Crippen LogP contribution in [0, 0.1) is 10.1 Å². The molecule has 0 N–H and O–H groups in total. The Kier molecular flexibility index (Phi) is 5.98. The largest absolute Gasteiger partial charge is 0.339 e. The molecule has 0 spiro atoms. The maximum absolute atomic E-state index is 12.9. The van der Waals surface area contributed by atoms with Gasteiger partial charge in [-0.15, -0.1) is 0 Å². The molecule has 0 aromatic heterocycles. The molecule has 4 amide bonds. The number of non-ortho nitro benzene ring substituents is 1. The molecule has 2 heterocycles. The van der Waals surface area contributed by atoms with Gasteiger partial charge >= 0.3 is 6.03 Å². The minimum atomic E-state index is -0.472. The van der Waals surface area contributed by atoms with E-state index in [4.69, 9.17) is 0 Å². The Morgan fingerprint density at radius 1 is 1.00 bits per heavy atom. The monoisotopic (exact) mass is 434 g/mol. The summed E-state index contributed by atoms with van der Waals surface area (Å²) in [6, 6.07) is 14.4. The molecule has 0 bridgehead atoms. The molecule has 164 valence electrons. The van der Waals surface area contributed by atoms with Crippen LogP contribution in [-0.4, -0.2) is 58.2 Å². The standard InChI is InChI=1S/C23H22N4O5/c28-21(11-8-17-6-9-20(10-7-17)27(31)32)24-14-12-18(13-15-24)25-16-22(29)26(23(25)30)19-4-2-1-3-5-19/h1-11,18H,12-16H2. The van der Waals surface area contributed by atoms with Crippen molar-refractivity contribution in [2.24, 2.45) is 0 Å². The molecular formula is C23H22N4O5. The number of hydrogen-bond acceptors (Lipinski definition) is 5. The van der Waals surface area contributed by atoms with E-state index in [2.05, 4.69) is 0 Å². The number of nitrogens with zero attached hydrogens (tertiary/aromatic N) is 4. The first-order valence-electron chi connectivity index (χ1n) is 10.3. The number of amides is 4. The van der Waals surface area contributed by atoms with Crippen LogP contribution in [0.5, 0.6) is 0 Å². The van der Waals surface area contributed by atoms with Crippen molar-refractivity contribution >= 4 is 35.3 Å². The number of benzene rings is 2.